The SMILES string of the molecule is CC(CC[C@@H](CS(=O)(=O)O)c1ccccc1)CS(=O)(=O)O. The van der Waals surface area contributed by atoms with E-state index in [4.69, 9.17) is 9.11 Å². The summed E-state index contributed by atoms with van der Waals surface area (Å²) in [5, 5.41) is 0. The minimum atomic E-state index is -4.12. The highest BCUT2D eigenvalue weighted by Gasteiger charge is 2.21. The van der Waals surface area contributed by atoms with Crippen LogP contribution < -0.4 is 0 Å². The molecule has 0 aliphatic carbocycles. The first kappa shape index (κ1) is 18.1. The molecule has 0 spiro atoms. The maximum absolute atomic E-state index is 11.1. The van der Waals surface area contributed by atoms with Crippen molar-refractivity contribution in [3.8, 4) is 0 Å². The summed E-state index contributed by atoms with van der Waals surface area (Å²) in [5.41, 5.74) is 0.772. The number of hydrogen-bond acceptors (Lipinski definition) is 4. The second kappa shape index (κ2) is 7.35. The molecular weight excluding hydrogens is 316 g/mol. The molecule has 0 amide bonds. The van der Waals surface area contributed by atoms with Crippen LogP contribution in [-0.4, -0.2) is 37.4 Å². The van der Waals surface area contributed by atoms with E-state index >= 15 is 0 Å². The van der Waals surface area contributed by atoms with Crippen molar-refractivity contribution in [1.29, 1.82) is 0 Å². The van der Waals surface area contributed by atoms with Gasteiger partial charge in [-0.3, -0.25) is 9.11 Å². The van der Waals surface area contributed by atoms with E-state index in [0.717, 1.165) is 5.56 Å². The Kier molecular flexibility index (Phi) is 6.33. The first-order valence-electron chi connectivity index (χ1n) is 6.52. The second-order valence-corrected chi connectivity index (χ2v) is 8.28. The zero-order chi connectivity index (χ0) is 16.1. The van der Waals surface area contributed by atoms with Crippen molar-refractivity contribution in [1.82, 2.24) is 0 Å². The predicted octanol–water partition coefficient (Wildman–Crippen LogP) is 1.96. The first-order valence-corrected chi connectivity index (χ1v) is 9.74. The Morgan fingerprint density at radius 2 is 1.43 bits per heavy atom. The second-order valence-electron chi connectivity index (χ2n) is 5.29. The Balaban J connectivity index is 2.75. The largest absolute Gasteiger partial charge is 0.286 e. The molecule has 0 radical (unpaired) electrons. The molecule has 0 aromatic heterocycles. The molecule has 1 rings (SSSR count). The zero-order valence-corrected chi connectivity index (χ0v) is 13.3. The third-order valence-corrected chi connectivity index (χ3v) is 5.00. The molecular formula is C13H20O6S2. The Labute approximate surface area is 125 Å². The summed E-state index contributed by atoms with van der Waals surface area (Å²) in [4.78, 5) is 0. The normalized spacial score (nSPS) is 15.6. The monoisotopic (exact) mass is 336 g/mol. The summed E-state index contributed by atoms with van der Waals surface area (Å²) in [7, 11) is -8.16. The van der Waals surface area contributed by atoms with Crippen LogP contribution >= 0.6 is 0 Å². The van der Waals surface area contributed by atoms with Crippen LogP contribution in [-0.2, 0) is 20.2 Å². The van der Waals surface area contributed by atoms with Crippen molar-refractivity contribution in [2.75, 3.05) is 11.5 Å². The van der Waals surface area contributed by atoms with Crippen LogP contribution in [0.1, 0.15) is 31.2 Å². The standard InChI is InChI=1S/C13H20O6S2/c1-11(9-20(14,15)16)7-8-13(10-21(17,18)19)12-5-3-2-4-6-12/h2-6,11,13H,7-10H2,1H3,(H,14,15,16)(H,17,18,19)/t11?,13-/m0/s1. The third-order valence-electron chi connectivity index (χ3n) is 3.19. The Hall–Kier alpha value is -0.960. The van der Waals surface area contributed by atoms with Gasteiger partial charge in [0.25, 0.3) is 20.2 Å². The zero-order valence-electron chi connectivity index (χ0n) is 11.7. The molecule has 8 heteroatoms. The van der Waals surface area contributed by atoms with Gasteiger partial charge in [-0.05, 0) is 24.3 Å². The van der Waals surface area contributed by atoms with Crippen molar-refractivity contribution in [3.63, 3.8) is 0 Å². The molecule has 2 atom stereocenters. The molecule has 0 fully saturated rings. The summed E-state index contributed by atoms with van der Waals surface area (Å²) in [6.45, 7) is 1.67. The smallest absolute Gasteiger partial charge is 0.265 e. The van der Waals surface area contributed by atoms with Gasteiger partial charge in [-0.15, -0.1) is 0 Å². The molecule has 1 unspecified atom stereocenters. The van der Waals surface area contributed by atoms with Crippen molar-refractivity contribution in [2.45, 2.75) is 25.7 Å². The molecule has 21 heavy (non-hydrogen) atoms. The fourth-order valence-electron chi connectivity index (χ4n) is 2.25. The molecule has 2 N–H and O–H groups in total. The lowest BCUT2D eigenvalue weighted by molar-refractivity contribution is 0.445. The molecule has 1 aromatic carbocycles. The van der Waals surface area contributed by atoms with E-state index in [2.05, 4.69) is 0 Å². The average Bonchev–Trinajstić information content (AvgIpc) is 2.32. The van der Waals surface area contributed by atoms with Gasteiger partial charge in [0, 0.05) is 5.92 Å². The fourth-order valence-corrected chi connectivity index (χ4v) is 4.01. The van der Waals surface area contributed by atoms with Gasteiger partial charge in [-0.1, -0.05) is 37.3 Å². The summed E-state index contributed by atoms with van der Waals surface area (Å²) in [6, 6.07) is 8.88. The molecule has 0 heterocycles. The van der Waals surface area contributed by atoms with E-state index in [1.807, 2.05) is 0 Å². The van der Waals surface area contributed by atoms with Gasteiger partial charge < -0.3 is 0 Å². The van der Waals surface area contributed by atoms with Crippen molar-refractivity contribution in [2.24, 2.45) is 5.92 Å². The third kappa shape index (κ3) is 8.15. The maximum atomic E-state index is 11.1. The molecule has 0 bridgehead atoms. The van der Waals surface area contributed by atoms with E-state index in [-0.39, 0.29) is 11.7 Å². The predicted molar refractivity (Wildman–Crippen MR) is 80.4 cm³/mol. The summed E-state index contributed by atoms with van der Waals surface area (Å²) in [6.07, 6.45) is 0.829. The van der Waals surface area contributed by atoms with Gasteiger partial charge in [-0.2, -0.15) is 16.8 Å². The highest BCUT2D eigenvalue weighted by Crippen LogP contribution is 2.25. The van der Waals surface area contributed by atoms with Gasteiger partial charge in [0.2, 0.25) is 0 Å². The van der Waals surface area contributed by atoms with Crippen molar-refractivity contribution < 1.29 is 25.9 Å². The number of hydrogen-bond donors (Lipinski definition) is 2. The Bertz CT molecular complexity index is 636. The van der Waals surface area contributed by atoms with Gasteiger partial charge >= 0.3 is 0 Å². The Morgan fingerprint density at radius 1 is 0.905 bits per heavy atom. The first-order chi connectivity index (χ1) is 9.57. The van der Waals surface area contributed by atoms with E-state index in [9.17, 15) is 16.8 Å². The Morgan fingerprint density at radius 3 is 1.90 bits per heavy atom. The van der Waals surface area contributed by atoms with E-state index in [1.54, 1.807) is 37.3 Å². The van der Waals surface area contributed by atoms with Crippen molar-refractivity contribution >= 4 is 20.2 Å². The van der Waals surface area contributed by atoms with Gasteiger partial charge in [0.1, 0.15) is 0 Å². The van der Waals surface area contributed by atoms with Gasteiger partial charge in [0.05, 0.1) is 11.5 Å². The fraction of sp³-hybridized carbons (Fsp3) is 0.538. The van der Waals surface area contributed by atoms with Crippen LogP contribution in [0.4, 0.5) is 0 Å². The highest BCUT2D eigenvalue weighted by atomic mass is 32.2. The molecule has 0 saturated heterocycles. The molecule has 6 nitrogen and oxygen atoms in total. The van der Waals surface area contributed by atoms with Crippen LogP contribution in [0.25, 0.3) is 0 Å². The van der Waals surface area contributed by atoms with Crippen LogP contribution in [0, 0.1) is 5.92 Å². The summed E-state index contributed by atoms with van der Waals surface area (Å²) in [5.74, 6) is -1.48. The minimum Gasteiger partial charge on any atom is -0.286 e. The molecule has 120 valence electrons. The van der Waals surface area contributed by atoms with Gasteiger partial charge in [-0.25, -0.2) is 0 Å². The lowest BCUT2D eigenvalue weighted by Gasteiger charge is -2.18. The van der Waals surface area contributed by atoms with Crippen LogP contribution in [0.5, 0.6) is 0 Å². The van der Waals surface area contributed by atoms with E-state index in [0.29, 0.717) is 12.8 Å². The molecule has 1 aromatic rings. The van der Waals surface area contributed by atoms with Crippen LogP contribution in [0.3, 0.4) is 0 Å². The number of benzene rings is 1. The maximum Gasteiger partial charge on any atom is 0.265 e. The van der Waals surface area contributed by atoms with E-state index < -0.39 is 31.9 Å². The van der Waals surface area contributed by atoms with Crippen LogP contribution in [0.15, 0.2) is 30.3 Å². The molecule has 0 saturated carbocycles. The molecule has 0 aliphatic rings. The lowest BCUT2D eigenvalue weighted by atomic mass is 9.93. The number of rotatable bonds is 8. The van der Waals surface area contributed by atoms with Crippen LogP contribution in [0.2, 0.25) is 0 Å². The molecule has 0 aliphatic heterocycles. The highest BCUT2D eigenvalue weighted by molar-refractivity contribution is 7.86. The minimum absolute atomic E-state index is 0.299. The summed E-state index contributed by atoms with van der Waals surface area (Å²) >= 11 is 0. The average molecular weight is 336 g/mol. The van der Waals surface area contributed by atoms with E-state index in [1.165, 1.54) is 0 Å². The summed E-state index contributed by atoms with van der Waals surface area (Å²) < 4.78 is 61.7. The van der Waals surface area contributed by atoms with Gasteiger partial charge in [0.15, 0.2) is 0 Å². The topological polar surface area (TPSA) is 109 Å². The lowest BCUT2D eigenvalue weighted by Crippen LogP contribution is -2.17. The van der Waals surface area contributed by atoms with Crippen molar-refractivity contribution in [3.05, 3.63) is 35.9 Å². The quantitative estimate of drug-likeness (QED) is 0.702.